The zero-order valence-corrected chi connectivity index (χ0v) is 13.8. The highest BCUT2D eigenvalue weighted by atomic mass is 79.9. The largest absolute Gasteiger partial charge is 0.383 e. The molecule has 0 aliphatic heterocycles. The molecule has 1 unspecified atom stereocenters. The lowest BCUT2D eigenvalue weighted by Gasteiger charge is -2.17. The average molecular weight is 372 g/mol. The Labute approximate surface area is 130 Å². The normalized spacial score (nSPS) is 12.1. The number of hydrogen-bond donors (Lipinski definition) is 2. The van der Waals surface area contributed by atoms with Crippen LogP contribution in [0.5, 0.6) is 0 Å². The summed E-state index contributed by atoms with van der Waals surface area (Å²) in [6, 6.07) is 3.71. The summed E-state index contributed by atoms with van der Waals surface area (Å²) in [6.45, 7) is 2.53. The second kappa shape index (κ2) is 7.50. The van der Waals surface area contributed by atoms with Crippen LogP contribution in [0.1, 0.15) is 6.92 Å². The van der Waals surface area contributed by atoms with E-state index in [1.807, 2.05) is 6.92 Å². The summed E-state index contributed by atoms with van der Waals surface area (Å²) in [4.78, 5) is 0. The Bertz CT molecular complexity index is 445. The maximum atomic E-state index is 6.10. The number of halogens is 3. The van der Waals surface area contributed by atoms with Gasteiger partial charge in [0.1, 0.15) is 0 Å². The number of benzene rings is 1. The maximum absolute atomic E-state index is 6.10. The molecule has 0 radical (unpaired) electrons. The van der Waals surface area contributed by atoms with Gasteiger partial charge in [0.2, 0.25) is 0 Å². The van der Waals surface area contributed by atoms with Crippen molar-refractivity contribution in [3.05, 3.63) is 26.7 Å². The molecule has 0 aromatic heterocycles. The summed E-state index contributed by atoms with van der Waals surface area (Å²) < 4.78 is 5.75. The molecule has 0 aliphatic rings. The van der Waals surface area contributed by atoms with Gasteiger partial charge in [-0.05, 0) is 47.2 Å². The van der Waals surface area contributed by atoms with Crippen LogP contribution in [-0.2, 0) is 4.74 Å². The minimum atomic E-state index is 0.111. The van der Waals surface area contributed by atoms with Gasteiger partial charge in [-0.3, -0.25) is 0 Å². The predicted octanol–water partition coefficient (Wildman–Crippen LogP) is 4.08. The number of rotatable bonds is 4. The van der Waals surface area contributed by atoms with Crippen molar-refractivity contribution < 1.29 is 4.74 Å². The molecule has 18 heavy (non-hydrogen) atoms. The molecule has 0 aliphatic carbocycles. The van der Waals surface area contributed by atoms with Crippen molar-refractivity contribution >= 4 is 62.1 Å². The third-order valence-corrected chi connectivity index (χ3v) is 4.07. The van der Waals surface area contributed by atoms with Crippen LogP contribution in [0.4, 0.5) is 5.69 Å². The summed E-state index contributed by atoms with van der Waals surface area (Å²) in [7, 11) is 1.64. The number of thiocarbonyl (C=S) groups is 1. The van der Waals surface area contributed by atoms with E-state index in [-0.39, 0.29) is 6.04 Å². The van der Waals surface area contributed by atoms with Gasteiger partial charge in [-0.25, -0.2) is 0 Å². The molecule has 100 valence electrons. The fraction of sp³-hybridized carbons (Fsp3) is 0.364. The van der Waals surface area contributed by atoms with Gasteiger partial charge in [0, 0.05) is 17.6 Å². The first kappa shape index (κ1) is 16.0. The molecule has 1 rings (SSSR count). The number of methoxy groups -OCH3 is 1. The van der Waals surface area contributed by atoms with E-state index in [9.17, 15) is 0 Å². The van der Waals surface area contributed by atoms with E-state index in [1.54, 1.807) is 19.2 Å². The van der Waals surface area contributed by atoms with Gasteiger partial charge in [0.25, 0.3) is 0 Å². The summed E-state index contributed by atoms with van der Waals surface area (Å²) in [5.41, 5.74) is 0.659. The van der Waals surface area contributed by atoms with Crippen LogP contribution in [0.15, 0.2) is 16.6 Å². The monoisotopic (exact) mass is 370 g/mol. The standard InChI is InChI=1S/C11H13BrCl2N2OS/c1-6(5-17-2)15-11(18)16-8-4-3-7(12)9(13)10(8)14/h3-4,6H,5H2,1-2H3,(H2,15,16,18). The van der Waals surface area contributed by atoms with Crippen LogP contribution < -0.4 is 10.6 Å². The van der Waals surface area contributed by atoms with Crippen LogP contribution in [0, 0.1) is 0 Å². The van der Waals surface area contributed by atoms with E-state index in [0.29, 0.717) is 27.5 Å². The molecular weight excluding hydrogens is 359 g/mol. The molecule has 0 amide bonds. The van der Waals surface area contributed by atoms with Crippen LogP contribution in [0.25, 0.3) is 0 Å². The molecule has 3 nitrogen and oxygen atoms in total. The van der Waals surface area contributed by atoms with E-state index in [2.05, 4.69) is 26.6 Å². The Hall–Kier alpha value is -0.0700. The molecule has 0 saturated heterocycles. The highest BCUT2D eigenvalue weighted by molar-refractivity contribution is 9.10. The number of anilines is 1. The van der Waals surface area contributed by atoms with Gasteiger partial charge in [-0.2, -0.15) is 0 Å². The van der Waals surface area contributed by atoms with Crippen molar-refractivity contribution in [1.29, 1.82) is 0 Å². The fourth-order valence-electron chi connectivity index (χ4n) is 1.30. The van der Waals surface area contributed by atoms with Crippen LogP contribution in [0.2, 0.25) is 10.0 Å². The molecule has 0 heterocycles. The predicted molar refractivity (Wildman–Crippen MR) is 84.9 cm³/mol. The van der Waals surface area contributed by atoms with Gasteiger partial charge < -0.3 is 15.4 Å². The van der Waals surface area contributed by atoms with Crippen LogP contribution in [-0.4, -0.2) is 24.9 Å². The molecule has 2 N–H and O–H groups in total. The van der Waals surface area contributed by atoms with Gasteiger partial charge in [0.05, 0.1) is 22.3 Å². The average Bonchev–Trinajstić information content (AvgIpc) is 2.30. The lowest BCUT2D eigenvalue weighted by molar-refractivity contribution is 0.179. The zero-order chi connectivity index (χ0) is 13.7. The lowest BCUT2D eigenvalue weighted by atomic mass is 10.3. The van der Waals surface area contributed by atoms with Gasteiger partial charge in [-0.15, -0.1) is 0 Å². The molecular formula is C11H13BrCl2N2OS. The number of hydrogen-bond acceptors (Lipinski definition) is 2. The van der Waals surface area contributed by atoms with Crippen molar-refractivity contribution in [3.63, 3.8) is 0 Å². The van der Waals surface area contributed by atoms with Crippen LogP contribution in [0.3, 0.4) is 0 Å². The lowest BCUT2D eigenvalue weighted by Crippen LogP contribution is -2.38. The highest BCUT2D eigenvalue weighted by Crippen LogP contribution is 2.35. The smallest absolute Gasteiger partial charge is 0.171 e. The minimum Gasteiger partial charge on any atom is -0.383 e. The Kier molecular flexibility index (Phi) is 6.66. The highest BCUT2D eigenvalue weighted by Gasteiger charge is 2.10. The molecule has 1 aromatic carbocycles. The third-order valence-electron chi connectivity index (χ3n) is 2.08. The van der Waals surface area contributed by atoms with E-state index < -0.39 is 0 Å². The molecule has 0 spiro atoms. The van der Waals surface area contributed by atoms with Crippen LogP contribution >= 0.6 is 51.3 Å². The van der Waals surface area contributed by atoms with E-state index in [4.69, 9.17) is 40.2 Å². The van der Waals surface area contributed by atoms with Gasteiger partial charge in [-0.1, -0.05) is 23.2 Å². The van der Waals surface area contributed by atoms with Crippen molar-refractivity contribution in [2.24, 2.45) is 0 Å². The molecule has 0 fully saturated rings. The zero-order valence-electron chi connectivity index (χ0n) is 9.89. The third kappa shape index (κ3) is 4.55. The Morgan fingerprint density at radius 3 is 2.72 bits per heavy atom. The van der Waals surface area contributed by atoms with E-state index in [0.717, 1.165) is 4.47 Å². The number of nitrogens with one attached hydrogen (secondary N) is 2. The minimum absolute atomic E-state index is 0.111. The van der Waals surface area contributed by atoms with Crippen molar-refractivity contribution in [1.82, 2.24) is 5.32 Å². The van der Waals surface area contributed by atoms with Crippen molar-refractivity contribution in [2.45, 2.75) is 13.0 Å². The molecule has 0 bridgehead atoms. The molecule has 1 aromatic rings. The number of ether oxygens (including phenoxy) is 1. The first-order valence-electron chi connectivity index (χ1n) is 5.15. The topological polar surface area (TPSA) is 33.3 Å². The summed E-state index contributed by atoms with van der Waals surface area (Å²) in [5.74, 6) is 0. The van der Waals surface area contributed by atoms with Gasteiger partial charge in [0.15, 0.2) is 5.11 Å². The molecule has 0 saturated carbocycles. The Morgan fingerprint density at radius 2 is 2.11 bits per heavy atom. The Balaban J connectivity index is 2.68. The quantitative estimate of drug-likeness (QED) is 0.617. The van der Waals surface area contributed by atoms with Gasteiger partial charge >= 0.3 is 0 Å². The second-order valence-corrected chi connectivity index (χ2v) is 5.70. The SMILES string of the molecule is COCC(C)NC(=S)Nc1ccc(Br)c(Cl)c1Cl. The fourth-order valence-corrected chi connectivity index (χ4v) is 2.43. The summed E-state index contributed by atoms with van der Waals surface area (Å²) in [5, 5.41) is 7.42. The maximum Gasteiger partial charge on any atom is 0.171 e. The van der Waals surface area contributed by atoms with E-state index in [1.165, 1.54) is 0 Å². The molecule has 1 atom stereocenters. The second-order valence-electron chi connectivity index (χ2n) is 3.68. The summed E-state index contributed by atoms with van der Waals surface area (Å²) in [6.07, 6.45) is 0. The van der Waals surface area contributed by atoms with Crippen molar-refractivity contribution in [2.75, 3.05) is 19.0 Å². The Morgan fingerprint density at radius 1 is 1.44 bits per heavy atom. The first-order chi connectivity index (χ1) is 8.45. The summed E-state index contributed by atoms with van der Waals surface area (Å²) >= 11 is 20.6. The molecule has 7 heteroatoms. The van der Waals surface area contributed by atoms with E-state index >= 15 is 0 Å². The van der Waals surface area contributed by atoms with Crippen molar-refractivity contribution in [3.8, 4) is 0 Å². The first-order valence-corrected chi connectivity index (χ1v) is 7.11.